The summed E-state index contributed by atoms with van der Waals surface area (Å²) in [6.07, 6.45) is 3.07. The van der Waals surface area contributed by atoms with Gasteiger partial charge in [-0.3, -0.25) is 4.79 Å². The third-order valence-corrected chi connectivity index (χ3v) is 2.64. The molecule has 0 atom stereocenters. The molecule has 0 aliphatic carbocycles. The molecule has 0 radical (unpaired) electrons. The lowest BCUT2D eigenvalue weighted by molar-refractivity contribution is -0.215. The summed E-state index contributed by atoms with van der Waals surface area (Å²) in [6.45, 7) is 3.89. The van der Waals surface area contributed by atoms with Crippen LogP contribution < -0.4 is 4.89 Å². The van der Waals surface area contributed by atoms with E-state index in [4.69, 9.17) is 14.5 Å². The van der Waals surface area contributed by atoms with Crippen molar-refractivity contribution in [3.05, 3.63) is 41.2 Å². The van der Waals surface area contributed by atoms with Gasteiger partial charge in [0.1, 0.15) is 0 Å². The molecule has 1 aliphatic heterocycles. The van der Waals surface area contributed by atoms with Crippen LogP contribution in [-0.2, 0) is 27.3 Å². The van der Waals surface area contributed by atoms with Crippen molar-refractivity contribution in [2.75, 3.05) is 6.61 Å². The summed E-state index contributed by atoms with van der Waals surface area (Å²) >= 11 is 0. The lowest BCUT2D eigenvalue weighted by atomic mass is 10.0. The Morgan fingerprint density at radius 1 is 1.44 bits per heavy atom. The SMILES string of the molecule is CC(=O)O/C=C(/C)Cc1ccc2c(c1)OOCC2. The number of allylic oxidation sites excluding steroid dienone is 1. The van der Waals surface area contributed by atoms with E-state index >= 15 is 0 Å². The van der Waals surface area contributed by atoms with Gasteiger partial charge in [-0.1, -0.05) is 12.1 Å². The number of ether oxygens (including phenoxy) is 1. The standard InChI is InChI=1S/C14H16O4/c1-10(9-16-11(2)15)7-12-3-4-13-5-6-17-18-14(13)8-12/h3-4,8-9H,5-7H2,1-2H3/b10-9-. The number of carbonyl (C=O) groups excluding carboxylic acids is 1. The Labute approximate surface area is 106 Å². The highest BCUT2D eigenvalue weighted by atomic mass is 17.2. The van der Waals surface area contributed by atoms with E-state index in [2.05, 4.69) is 6.07 Å². The maximum Gasteiger partial charge on any atom is 0.307 e. The molecule has 0 saturated heterocycles. The van der Waals surface area contributed by atoms with Gasteiger partial charge in [0, 0.05) is 18.9 Å². The molecule has 0 saturated carbocycles. The smallest absolute Gasteiger partial charge is 0.307 e. The van der Waals surface area contributed by atoms with Crippen LogP contribution in [0.15, 0.2) is 30.0 Å². The molecule has 0 bridgehead atoms. The number of esters is 1. The molecule has 4 heteroatoms. The first-order chi connectivity index (χ1) is 8.65. The van der Waals surface area contributed by atoms with Crippen molar-refractivity contribution in [1.82, 2.24) is 0 Å². The van der Waals surface area contributed by atoms with Gasteiger partial charge in [0.05, 0.1) is 12.9 Å². The zero-order valence-corrected chi connectivity index (χ0v) is 10.6. The van der Waals surface area contributed by atoms with Crippen molar-refractivity contribution in [3.8, 4) is 5.75 Å². The lowest BCUT2D eigenvalue weighted by Gasteiger charge is -2.16. The number of benzene rings is 1. The van der Waals surface area contributed by atoms with Crippen molar-refractivity contribution in [2.45, 2.75) is 26.7 Å². The monoisotopic (exact) mass is 248 g/mol. The Morgan fingerprint density at radius 3 is 3.06 bits per heavy atom. The molecule has 1 heterocycles. The summed E-state index contributed by atoms with van der Waals surface area (Å²) in [5.74, 6) is 0.468. The molecule has 0 N–H and O–H groups in total. The number of carbonyl (C=O) groups is 1. The summed E-state index contributed by atoms with van der Waals surface area (Å²) in [7, 11) is 0. The fraction of sp³-hybridized carbons (Fsp3) is 0.357. The highest BCUT2D eigenvalue weighted by molar-refractivity contribution is 5.66. The molecular weight excluding hydrogens is 232 g/mol. The highest BCUT2D eigenvalue weighted by Gasteiger charge is 2.11. The van der Waals surface area contributed by atoms with Crippen LogP contribution in [0.5, 0.6) is 5.75 Å². The summed E-state index contributed by atoms with van der Waals surface area (Å²) in [4.78, 5) is 20.8. The number of fused-ring (bicyclic) bond motifs is 1. The average Bonchev–Trinajstić information content (AvgIpc) is 2.36. The van der Waals surface area contributed by atoms with Crippen molar-refractivity contribution in [3.63, 3.8) is 0 Å². The first-order valence-corrected chi connectivity index (χ1v) is 5.89. The Morgan fingerprint density at radius 2 is 2.28 bits per heavy atom. The molecule has 0 unspecified atom stereocenters. The van der Waals surface area contributed by atoms with E-state index in [0.29, 0.717) is 13.0 Å². The van der Waals surface area contributed by atoms with Crippen LogP contribution in [0.4, 0.5) is 0 Å². The van der Waals surface area contributed by atoms with Gasteiger partial charge in [0.2, 0.25) is 0 Å². The molecule has 0 spiro atoms. The van der Waals surface area contributed by atoms with Crippen LogP contribution >= 0.6 is 0 Å². The van der Waals surface area contributed by atoms with Crippen LogP contribution in [0.3, 0.4) is 0 Å². The van der Waals surface area contributed by atoms with Crippen LogP contribution in [-0.4, -0.2) is 12.6 Å². The molecule has 0 aromatic heterocycles. The molecule has 0 amide bonds. The van der Waals surface area contributed by atoms with Crippen molar-refractivity contribution < 1.29 is 19.3 Å². The minimum atomic E-state index is -0.309. The predicted molar refractivity (Wildman–Crippen MR) is 66.0 cm³/mol. The van der Waals surface area contributed by atoms with Crippen molar-refractivity contribution >= 4 is 5.97 Å². The second-order valence-corrected chi connectivity index (χ2v) is 4.35. The first-order valence-electron chi connectivity index (χ1n) is 5.89. The molecule has 18 heavy (non-hydrogen) atoms. The maximum atomic E-state index is 10.7. The molecule has 1 aromatic carbocycles. The van der Waals surface area contributed by atoms with Gasteiger partial charge in [-0.05, 0) is 30.5 Å². The molecule has 1 aromatic rings. The van der Waals surface area contributed by atoms with E-state index in [1.165, 1.54) is 13.2 Å². The Hall–Kier alpha value is -1.81. The van der Waals surface area contributed by atoms with Crippen LogP contribution in [0, 0.1) is 0 Å². The molecule has 0 fully saturated rings. The molecule has 1 aliphatic rings. The zero-order valence-electron chi connectivity index (χ0n) is 10.6. The Bertz CT molecular complexity index is 477. The number of rotatable bonds is 3. The number of hydrogen-bond donors (Lipinski definition) is 0. The van der Waals surface area contributed by atoms with E-state index in [0.717, 1.165) is 28.9 Å². The second-order valence-electron chi connectivity index (χ2n) is 4.35. The molecule has 2 rings (SSSR count). The predicted octanol–water partition coefficient (Wildman–Crippen LogP) is 2.56. The van der Waals surface area contributed by atoms with E-state index in [1.807, 2.05) is 19.1 Å². The Balaban J connectivity index is 2.05. The van der Waals surface area contributed by atoms with E-state index < -0.39 is 0 Å². The third-order valence-electron chi connectivity index (χ3n) is 2.64. The average molecular weight is 248 g/mol. The zero-order chi connectivity index (χ0) is 13.0. The summed E-state index contributed by atoms with van der Waals surface area (Å²) in [6, 6.07) is 6.06. The fourth-order valence-electron chi connectivity index (χ4n) is 1.80. The molecule has 4 nitrogen and oxygen atoms in total. The summed E-state index contributed by atoms with van der Waals surface area (Å²) in [5.41, 5.74) is 3.23. The second kappa shape index (κ2) is 5.69. The van der Waals surface area contributed by atoms with Crippen LogP contribution in [0.25, 0.3) is 0 Å². The quantitative estimate of drug-likeness (QED) is 0.468. The van der Waals surface area contributed by atoms with E-state index in [-0.39, 0.29) is 5.97 Å². The van der Waals surface area contributed by atoms with E-state index in [9.17, 15) is 4.79 Å². The van der Waals surface area contributed by atoms with Gasteiger partial charge in [-0.25, -0.2) is 0 Å². The third kappa shape index (κ3) is 3.34. The maximum absolute atomic E-state index is 10.7. The van der Waals surface area contributed by atoms with Crippen LogP contribution in [0.1, 0.15) is 25.0 Å². The number of hydrogen-bond acceptors (Lipinski definition) is 4. The lowest BCUT2D eigenvalue weighted by Crippen LogP contribution is -2.11. The van der Waals surface area contributed by atoms with Crippen molar-refractivity contribution in [1.29, 1.82) is 0 Å². The van der Waals surface area contributed by atoms with E-state index in [1.54, 1.807) is 0 Å². The van der Waals surface area contributed by atoms with Gasteiger partial charge in [0.15, 0.2) is 5.75 Å². The highest BCUT2D eigenvalue weighted by Crippen LogP contribution is 2.25. The first kappa shape index (κ1) is 12.6. The van der Waals surface area contributed by atoms with Gasteiger partial charge in [-0.15, -0.1) is 0 Å². The van der Waals surface area contributed by atoms with Crippen LogP contribution in [0.2, 0.25) is 0 Å². The molecular formula is C14H16O4. The minimum Gasteiger partial charge on any atom is -0.435 e. The fourth-order valence-corrected chi connectivity index (χ4v) is 1.80. The van der Waals surface area contributed by atoms with Gasteiger partial charge < -0.3 is 9.62 Å². The largest absolute Gasteiger partial charge is 0.435 e. The summed E-state index contributed by atoms with van der Waals surface area (Å²) < 4.78 is 4.83. The van der Waals surface area contributed by atoms with Gasteiger partial charge >= 0.3 is 5.97 Å². The minimum absolute atomic E-state index is 0.309. The van der Waals surface area contributed by atoms with Gasteiger partial charge in [-0.2, -0.15) is 4.89 Å². The Kier molecular flexibility index (Phi) is 3.99. The summed E-state index contributed by atoms with van der Waals surface area (Å²) in [5, 5.41) is 0. The normalized spacial score (nSPS) is 14.7. The van der Waals surface area contributed by atoms with Crippen molar-refractivity contribution in [2.24, 2.45) is 0 Å². The van der Waals surface area contributed by atoms with Gasteiger partial charge in [0.25, 0.3) is 0 Å². The molecule has 96 valence electrons. The topological polar surface area (TPSA) is 44.8 Å².